The molecule has 0 bridgehead atoms. The molecule has 0 radical (unpaired) electrons. The average molecular weight is 231 g/mol. The second-order valence-electron chi connectivity index (χ2n) is 3.73. The Morgan fingerprint density at radius 1 is 1.44 bits per heavy atom. The SMILES string of the molecule is CCN(CC)CCCNC(=O)C(N)COC. The molecule has 0 spiro atoms. The molecule has 0 aromatic rings. The van der Waals surface area contributed by atoms with E-state index in [4.69, 9.17) is 10.5 Å². The summed E-state index contributed by atoms with van der Waals surface area (Å²) in [4.78, 5) is 13.7. The summed E-state index contributed by atoms with van der Waals surface area (Å²) in [6.45, 7) is 8.32. The van der Waals surface area contributed by atoms with Crippen molar-refractivity contribution in [1.29, 1.82) is 0 Å². The normalized spacial score (nSPS) is 12.8. The van der Waals surface area contributed by atoms with Crippen LogP contribution in [0.1, 0.15) is 20.3 Å². The lowest BCUT2D eigenvalue weighted by molar-refractivity contribution is -0.123. The van der Waals surface area contributed by atoms with Gasteiger partial charge >= 0.3 is 0 Å². The third-order valence-electron chi connectivity index (χ3n) is 2.53. The number of amides is 1. The lowest BCUT2D eigenvalue weighted by Gasteiger charge is -2.18. The summed E-state index contributed by atoms with van der Waals surface area (Å²) >= 11 is 0. The van der Waals surface area contributed by atoms with E-state index in [1.807, 2.05) is 0 Å². The van der Waals surface area contributed by atoms with E-state index in [-0.39, 0.29) is 12.5 Å². The Hall–Kier alpha value is -0.650. The number of ether oxygens (including phenoxy) is 1. The zero-order valence-electron chi connectivity index (χ0n) is 10.7. The van der Waals surface area contributed by atoms with Gasteiger partial charge in [-0.15, -0.1) is 0 Å². The van der Waals surface area contributed by atoms with E-state index < -0.39 is 6.04 Å². The summed E-state index contributed by atoms with van der Waals surface area (Å²) in [5.41, 5.74) is 5.57. The van der Waals surface area contributed by atoms with Gasteiger partial charge in [0.15, 0.2) is 0 Å². The summed E-state index contributed by atoms with van der Waals surface area (Å²) in [5.74, 6) is -0.138. The maximum atomic E-state index is 11.4. The van der Waals surface area contributed by atoms with Crippen molar-refractivity contribution in [2.24, 2.45) is 5.73 Å². The lowest BCUT2D eigenvalue weighted by atomic mass is 10.3. The van der Waals surface area contributed by atoms with Gasteiger partial charge in [0.25, 0.3) is 0 Å². The van der Waals surface area contributed by atoms with E-state index in [2.05, 4.69) is 24.1 Å². The molecule has 3 N–H and O–H groups in total. The molecule has 0 fully saturated rings. The van der Waals surface area contributed by atoms with Crippen LogP contribution in [0.3, 0.4) is 0 Å². The first-order chi connectivity index (χ1) is 7.65. The topological polar surface area (TPSA) is 67.6 Å². The highest BCUT2D eigenvalue weighted by atomic mass is 16.5. The minimum Gasteiger partial charge on any atom is -0.383 e. The molecule has 0 aliphatic heterocycles. The molecule has 1 atom stereocenters. The van der Waals surface area contributed by atoms with Crippen molar-refractivity contribution in [2.75, 3.05) is 39.9 Å². The molecule has 0 saturated carbocycles. The van der Waals surface area contributed by atoms with Crippen LogP contribution in [0.25, 0.3) is 0 Å². The van der Waals surface area contributed by atoms with E-state index >= 15 is 0 Å². The molecule has 96 valence electrons. The molecule has 0 saturated heterocycles. The fourth-order valence-electron chi connectivity index (χ4n) is 1.44. The Bertz CT molecular complexity index is 184. The Kier molecular flexibility index (Phi) is 9.18. The fourth-order valence-corrected chi connectivity index (χ4v) is 1.44. The third-order valence-corrected chi connectivity index (χ3v) is 2.53. The maximum Gasteiger partial charge on any atom is 0.239 e. The Morgan fingerprint density at radius 3 is 2.56 bits per heavy atom. The van der Waals surface area contributed by atoms with Crippen LogP contribution in [0.5, 0.6) is 0 Å². The molecule has 5 heteroatoms. The highest BCUT2D eigenvalue weighted by molar-refractivity contribution is 5.81. The van der Waals surface area contributed by atoms with Crippen LogP contribution in [-0.4, -0.2) is 56.7 Å². The molecule has 0 rings (SSSR count). The highest BCUT2D eigenvalue weighted by Gasteiger charge is 2.11. The summed E-state index contributed by atoms with van der Waals surface area (Å²) < 4.78 is 4.81. The van der Waals surface area contributed by atoms with Crippen molar-refractivity contribution in [2.45, 2.75) is 26.3 Å². The van der Waals surface area contributed by atoms with Crippen molar-refractivity contribution in [3.05, 3.63) is 0 Å². The van der Waals surface area contributed by atoms with Crippen LogP contribution in [0, 0.1) is 0 Å². The number of hydrogen-bond donors (Lipinski definition) is 2. The van der Waals surface area contributed by atoms with E-state index in [0.29, 0.717) is 6.54 Å². The van der Waals surface area contributed by atoms with Crippen molar-refractivity contribution < 1.29 is 9.53 Å². The molecule has 0 aliphatic rings. The van der Waals surface area contributed by atoms with Gasteiger partial charge < -0.3 is 20.7 Å². The van der Waals surface area contributed by atoms with Crippen LogP contribution >= 0.6 is 0 Å². The zero-order chi connectivity index (χ0) is 12.4. The zero-order valence-corrected chi connectivity index (χ0v) is 10.7. The predicted molar refractivity (Wildman–Crippen MR) is 65.3 cm³/mol. The van der Waals surface area contributed by atoms with Crippen molar-refractivity contribution in [3.8, 4) is 0 Å². The molecule has 16 heavy (non-hydrogen) atoms. The monoisotopic (exact) mass is 231 g/mol. The van der Waals surface area contributed by atoms with Gasteiger partial charge in [0.1, 0.15) is 6.04 Å². The number of carbonyl (C=O) groups is 1. The minimum absolute atomic E-state index is 0.138. The van der Waals surface area contributed by atoms with Gasteiger partial charge in [0.05, 0.1) is 6.61 Å². The lowest BCUT2D eigenvalue weighted by Crippen LogP contribution is -2.44. The quantitative estimate of drug-likeness (QED) is 0.540. The van der Waals surface area contributed by atoms with E-state index in [1.54, 1.807) is 0 Å². The molecular weight excluding hydrogens is 206 g/mol. The number of carbonyl (C=O) groups excluding carboxylic acids is 1. The van der Waals surface area contributed by atoms with Gasteiger partial charge in [0, 0.05) is 13.7 Å². The van der Waals surface area contributed by atoms with Crippen LogP contribution in [0.2, 0.25) is 0 Å². The molecule has 1 amide bonds. The largest absolute Gasteiger partial charge is 0.383 e. The van der Waals surface area contributed by atoms with Gasteiger partial charge in [-0.1, -0.05) is 13.8 Å². The van der Waals surface area contributed by atoms with E-state index in [1.165, 1.54) is 7.11 Å². The van der Waals surface area contributed by atoms with E-state index in [9.17, 15) is 4.79 Å². The van der Waals surface area contributed by atoms with Gasteiger partial charge in [-0.05, 0) is 26.1 Å². The smallest absolute Gasteiger partial charge is 0.239 e. The minimum atomic E-state index is -0.557. The molecule has 1 unspecified atom stereocenters. The van der Waals surface area contributed by atoms with E-state index in [0.717, 1.165) is 26.1 Å². The van der Waals surface area contributed by atoms with Crippen LogP contribution in [0.4, 0.5) is 0 Å². The Morgan fingerprint density at radius 2 is 2.06 bits per heavy atom. The number of nitrogens with two attached hydrogens (primary N) is 1. The van der Waals surface area contributed by atoms with Crippen LogP contribution < -0.4 is 11.1 Å². The fraction of sp³-hybridized carbons (Fsp3) is 0.909. The highest BCUT2D eigenvalue weighted by Crippen LogP contribution is 1.89. The second-order valence-corrected chi connectivity index (χ2v) is 3.73. The predicted octanol–water partition coefficient (Wildman–Crippen LogP) is -0.192. The molecular formula is C11H25N3O2. The first kappa shape index (κ1) is 15.3. The standard InChI is InChI=1S/C11H25N3O2/c1-4-14(5-2)8-6-7-13-11(15)10(12)9-16-3/h10H,4-9,12H2,1-3H3,(H,13,15). The van der Waals surface area contributed by atoms with Crippen LogP contribution in [-0.2, 0) is 9.53 Å². The molecule has 0 heterocycles. The molecule has 0 aromatic carbocycles. The average Bonchev–Trinajstić information content (AvgIpc) is 2.29. The van der Waals surface area contributed by atoms with Gasteiger partial charge in [-0.25, -0.2) is 0 Å². The van der Waals surface area contributed by atoms with Crippen molar-refractivity contribution >= 4 is 5.91 Å². The summed E-state index contributed by atoms with van der Waals surface area (Å²) in [5, 5.41) is 2.80. The van der Waals surface area contributed by atoms with Gasteiger partial charge in [0.2, 0.25) is 5.91 Å². The molecule has 0 aromatic heterocycles. The maximum absolute atomic E-state index is 11.4. The van der Waals surface area contributed by atoms with Gasteiger partial charge in [-0.2, -0.15) is 0 Å². The van der Waals surface area contributed by atoms with Crippen molar-refractivity contribution in [3.63, 3.8) is 0 Å². The first-order valence-electron chi connectivity index (χ1n) is 5.90. The number of hydrogen-bond acceptors (Lipinski definition) is 4. The number of methoxy groups -OCH3 is 1. The summed E-state index contributed by atoms with van der Waals surface area (Å²) in [6, 6.07) is -0.557. The summed E-state index contributed by atoms with van der Waals surface area (Å²) in [7, 11) is 1.54. The number of rotatable bonds is 9. The molecule has 0 aliphatic carbocycles. The van der Waals surface area contributed by atoms with Crippen LogP contribution in [0.15, 0.2) is 0 Å². The van der Waals surface area contributed by atoms with Gasteiger partial charge in [-0.3, -0.25) is 4.79 Å². The number of nitrogens with zero attached hydrogens (tertiary/aromatic N) is 1. The molecule has 5 nitrogen and oxygen atoms in total. The Labute approximate surface area is 98.3 Å². The van der Waals surface area contributed by atoms with Crippen molar-refractivity contribution in [1.82, 2.24) is 10.2 Å². The second kappa shape index (κ2) is 9.57. The Balaban J connectivity index is 3.54. The summed E-state index contributed by atoms with van der Waals surface area (Å²) in [6.07, 6.45) is 0.952. The third kappa shape index (κ3) is 6.76. The first-order valence-corrected chi connectivity index (χ1v) is 5.90. The number of nitrogens with one attached hydrogen (secondary N) is 1.